The Morgan fingerprint density at radius 3 is 2.50 bits per heavy atom. The first-order valence-corrected chi connectivity index (χ1v) is 10.3. The van der Waals surface area contributed by atoms with Gasteiger partial charge in [0.2, 0.25) is 0 Å². The molecule has 0 aliphatic carbocycles. The zero-order valence-electron chi connectivity index (χ0n) is 16.1. The molecule has 0 unspecified atom stereocenters. The second-order valence-electron chi connectivity index (χ2n) is 6.38. The Kier molecular flexibility index (Phi) is 7.16. The second kappa shape index (κ2) is 10.00. The number of thiocarbonyl (C=S) groups is 1. The SMILES string of the molecule is Cc1ccccc1C(=O)NNC(=O)CN1C(=O)/C(=C/C=C/c2ccccc2)SC1=S. The van der Waals surface area contributed by atoms with Gasteiger partial charge < -0.3 is 0 Å². The van der Waals surface area contributed by atoms with E-state index in [9.17, 15) is 14.4 Å². The Bertz CT molecular complexity index is 1050. The lowest BCUT2D eigenvalue weighted by molar-refractivity contribution is -0.129. The summed E-state index contributed by atoms with van der Waals surface area (Å²) >= 11 is 6.35. The molecule has 1 heterocycles. The molecule has 0 atom stereocenters. The van der Waals surface area contributed by atoms with Gasteiger partial charge in [0, 0.05) is 5.56 Å². The summed E-state index contributed by atoms with van der Waals surface area (Å²) in [5, 5.41) is 0. The minimum absolute atomic E-state index is 0.279. The molecule has 3 amide bonds. The molecule has 0 bridgehead atoms. The molecule has 1 aliphatic heterocycles. The van der Waals surface area contributed by atoms with E-state index in [1.807, 2.05) is 42.5 Å². The van der Waals surface area contributed by atoms with Crippen LogP contribution in [-0.4, -0.2) is 33.5 Å². The Morgan fingerprint density at radius 2 is 1.77 bits per heavy atom. The largest absolute Gasteiger partial charge is 0.283 e. The smallest absolute Gasteiger partial charge is 0.269 e. The molecule has 30 heavy (non-hydrogen) atoms. The molecular formula is C22H19N3O3S2. The summed E-state index contributed by atoms with van der Waals surface area (Å²) in [5.74, 6) is -1.32. The third-order valence-corrected chi connectivity index (χ3v) is 5.61. The fraction of sp³-hybridized carbons (Fsp3) is 0.0909. The van der Waals surface area contributed by atoms with Gasteiger partial charge in [-0.15, -0.1) is 0 Å². The number of carbonyl (C=O) groups excluding carboxylic acids is 3. The number of benzene rings is 2. The highest BCUT2D eigenvalue weighted by molar-refractivity contribution is 8.26. The van der Waals surface area contributed by atoms with Crippen LogP contribution in [0.1, 0.15) is 21.5 Å². The van der Waals surface area contributed by atoms with Gasteiger partial charge in [0.1, 0.15) is 10.9 Å². The van der Waals surface area contributed by atoms with Crippen LogP contribution in [0.4, 0.5) is 0 Å². The number of thioether (sulfide) groups is 1. The summed E-state index contributed by atoms with van der Waals surface area (Å²) in [6, 6.07) is 16.7. The molecule has 0 radical (unpaired) electrons. The first-order chi connectivity index (χ1) is 14.5. The van der Waals surface area contributed by atoms with E-state index >= 15 is 0 Å². The van der Waals surface area contributed by atoms with E-state index in [4.69, 9.17) is 12.2 Å². The van der Waals surface area contributed by atoms with Gasteiger partial charge in [0.05, 0.1) is 4.91 Å². The normalized spacial score (nSPS) is 15.1. The molecule has 0 saturated carbocycles. The van der Waals surface area contributed by atoms with Crippen LogP contribution in [-0.2, 0) is 9.59 Å². The van der Waals surface area contributed by atoms with Crippen molar-refractivity contribution in [3.63, 3.8) is 0 Å². The van der Waals surface area contributed by atoms with Crippen molar-refractivity contribution in [1.82, 2.24) is 15.8 Å². The Balaban J connectivity index is 1.55. The maximum atomic E-state index is 12.5. The van der Waals surface area contributed by atoms with Crippen LogP contribution >= 0.6 is 24.0 Å². The molecule has 8 heteroatoms. The molecule has 0 spiro atoms. The number of allylic oxidation sites excluding steroid dienone is 2. The summed E-state index contributed by atoms with van der Waals surface area (Å²) in [4.78, 5) is 38.6. The summed E-state index contributed by atoms with van der Waals surface area (Å²) in [6.45, 7) is 1.52. The Morgan fingerprint density at radius 1 is 1.07 bits per heavy atom. The molecule has 152 valence electrons. The molecule has 2 N–H and O–H groups in total. The minimum atomic E-state index is -0.547. The summed E-state index contributed by atoms with van der Waals surface area (Å²) in [6.07, 6.45) is 5.31. The highest BCUT2D eigenvalue weighted by Gasteiger charge is 2.33. The minimum Gasteiger partial charge on any atom is -0.283 e. The van der Waals surface area contributed by atoms with Crippen LogP contribution in [0.5, 0.6) is 0 Å². The third kappa shape index (κ3) is 5.43. The number of nitrogens with one attached hydrogen (secondary N) is 2. The zero-order chi connectivity index (χ0) is 21.5. The topological polar surface area (TPSA) is 78.5 Å². The Labute approximate surface area is 184 Å². The van der Waals surface area contributed by atoms with Gasteiger partial charge in [0.15, 0.2) is 0 Å². The van der Waals surface area contributed by atoms with Crippen molar-refractivity contribution >= 4 is 52.1 Å². The van der Waals surface area contributed by atoms with Crippen LogP contribution < -0.4 is 10.9 Å². The van der Waals surface area contributed by atoms with Crippen LogP contribution in [0.25, 0.3) is 6.08 Å². The van der Waals surface area contributed by atoms with Gasteiger partial charge in [0.25, 0.3) is 17.7 Å². The zero-order valence-corrected chi connectivity index (χ0v) is 17.8. The summed E-state index contributed by atoms with van der Waals surface area (Å²) in [7, 11) is 0. The molecule has 1 aliphatic rings. The average molecular weight is 438 g/mol. The number of aryl methyl sites for hydroxylation is 1. The lowest BCUT2D eigenvalue weighted by Gasteiger charge is -2.14. The van der Waals surface area contributed by atoms with Gasteiger partial charge in [-0.2, -0.15) is 0 Å². The highest BCUT2D eigenvalue weighted by atomic mass is 32.2. The van der Waals surface area contributed by atoms with Crippen molar-refractivity contribution in [1.29, 1.82) is 0 Å². The van der Waals surface area contributed by atoms with E-state index in [1.165, 1.54) is 4.90 Å². The predicted octanol–water partition coefficient (Wildman–Crippen LogP) is 3.21. The summed E-state index contributed by atoms with van der Waals surface area (Å²) < 4.78 is 0.291. The lowest BCUT2D eigenvalue weighted by Crippen LogP contribution is -2.47. The number of rotatable bonds is 5. The van der Waals surface area contributed by atoms with E-state index in [2.05, 4.69) is 10.9 Å². The molecule has 1 saturated heterocycles. The number of amides is 3. The van der Waals surface area contributed by atoms with Crippen LogP contribution in [0.15, 0.2) is 71.7 Å². The Hall–Kier alpha value is -3.23. The lowest BCUT2D eigenvalue weighted by atomic mass is 10.1. The standard InChI is InChI=1S/C22H19N3O3S2/c1-15-8-5-6-12-17(15)20(27)24-23-19(26)14-25-21(28)18(30-22(25)29)13-7-11-16-9-3-2-4-10-16/h2-13H,14H2,1H3,(H,23,26)(H,24,27)/b11-7+,18-13-. The fourth-order valence-corrected chi connectivity index (χ4v) is 3.87. The van der Waals surface area contributed by atoms with Crippen LogP contribution in [0.2, 0.25) is 0 Å². The monoisotopic (exact) mass is 437 g/mol. The van der Waals surface area contributed by atoms with Crippen molar-refractivity contribution in [2.75, 3.05) is 6.54 Å². The van der Waals surface area contributed by atoms with E-state index in [0.29, 0.717) is 14.8 Å². The van der Waals surface area contributed by atoms with E-state index in [0.717, 1.165) is 22.9 Å². The van der Waals surface area contributed by atoms with Crippen molar-refractivity contribution in [3.05, 3.63) is 88.3 Å². The fourth-order valence-electron chi connectivity index (χ4n) is 2.67. The maximum Gasteiger partial charge on any atom is 0.269 e. The number of carbonyl (C=O) groups is 3. The molecule has 6 nitrogen and oxygen atoms in total. The second-order valence-corrected chi connectivity index (χ2v) is 8.05. The number of hydrazine groups is 1. The molecule has 0 aromatic heterocycles. The van der Waals surface area contributed by atoms with Crippen LogP contribution in [0.3, 0.4) is 0 Å². The van der Waals surface area contributed by atoms with Gasteiger partial charge in [-0.05, 0) is 30.2 Å². The van der Waals surface area contributed by atoms with Crippen LogP contribution in [0, 0.1) is 6.92 Å². The number of hydrogen-bond acceptors (Lipinski definition) is 5. The quantitative estimate of drug-likeness (QED) is 0.427. The summed E-state index contributed by atoms with van der Waals surface area (Å²) in [5.41, 5.74) is 6.92. The predicted molar refractivity (Wildman–Crippen MR) is 122 cm³/mol. The molecule has 2 aromatic carbocycles. The van der Waals surface area contributed by atoms with Crippen molar-refractivity contribution in [3.8, 4) is 0 Å². The van der Waals surface area contributed by atoms with Gasteiger partial charge in [-0.1, -0.05) is 84.7 Å². The average Bonchev–Trinajstić information content (AvgIpc) is 3.00. The van der Waals surface area contributed by atoms with E-state index in [1.54, 1.807) is 37.3 Å². The van der Waals surface area contributed by atoms with E-state index < -0.39 is 11.8 Å². The van der Waals surface area contributed by atoms with Gasteiger partial charge >= 0.3 is 0 Å². The highest BCUT2D eigenvalue weighted by Crippen LogP contribution is 2.30. The molecule has 3 rings (SSSR count). The number of hydrogen-bond donors (Lipinski definition) is 2. The first kappa shape index (κ1) is 21.5. The van der Waals surface area contributed by atoms with Crippen molar-refractivity contribution < 1.29 is 14.4 Å². The van der Waals surface area contributed by atoms with Crippen molar-refractivity contribution in [2.45, 2.75) is 6.92 Å². The van der Waals surface area contributed by atoms with Crippen molar-refractivity contribution in [2.24, 2.45) is 0 Å². The van der Waals surface area contributed by atoms with Gasteiger partial charge in [-0.25, -0.2) is 0 Å². The van der Waals surface area contributed by atoms with Gasteiger partial charge in [-0.3, -0.25) is 30.1 Å². The molecule has 1 fully saturated rings. The number of nitrogens with zero attached hydrogens (tertiary/aromatic N) is 1. The first-order valence-electron chi connectivity index (χ1n) is 9.07. The van der Waals surface area contributed by atoms with E-state index in [-0.39, 0.29) is 12.5 Å². The molecule has 2 aromatic rings. The maximum absolute atomic E-state index is 12.5. The third-order valence-electron chi connectivity index (χ3n) is 4.22. The molecular weight excluding hydrogens is 418 g/mol.